The number of nitrogens with one attached hydrogen (secondary N) is 1. The summed E-state index contributed by atoms with van der Waals surface area (Å²) in [5.74, 6) is 0. The first-order chi connectivity index (χ1) is 6.66. The van der Waals surface area contributed by atoms with Gasteiger partial charge in [-0.2, -0.15) is 0 Å². The fraction of sp³-hybridized carbons (Fsp3) is 0.636. The highest BCUT2D eigenvalue weighted by atomic mass is 15.2. The largest absolute Gasteiger partial charge is 0.383 e. The van der Waals surface area contributed by atoms with Gasteiger partial charge in [0.05, 0.1) is 0 Å². The van der Waals surface area contributed by atoms with Crippen molar-refractivity contribution in [2.24, 2.45) is 0 Å². The maximum Gasteiger partial charge on any atom is 0.0104 e. The van der Waals surface area contributed by atoms with Crippen LogP contribution in [0.2, 0.25) is 0 Å². The van der Waals surface area contributed by atoms with E-state index >= 15 is 0 Å². The van der Waals surface area contributed by atoms with Gasteiger partial charge < -0.3 is 15.1 Å². The Morgan fingerprint density at radius 3 is 2.07 bits per heavy atom. The third kappa shape index (κ3) is 9.29. The van der Waals surface area contributed by atoms with Crippen molar-refractivity contribution in [3.05, 3.63) is 24.9 Å². The van der Waals surface area contributed by atoms with E-state index in [1.54, 1.807) is 6.08 Å². The van der Waals surface area contributed by atoms with Gasteiger partial charge in [0.25, 0.3) is 0 Å². The van der Waals surface area contributed by atoms with E-state index in [0.29, 0.717) is 0 Å². The minimum Gasteiger partial charge on any atom is -0.383 e. The molecule has 0 spiro atoms. The van der Waals surface area contributed by atoms with Gasteiger partial charge in [0, 0.05) is 40.3 Å². The molecule has 3 nitrogen and oxygen atoms in total. The lowest BCUT2D eigenvalue weighted by atomic mass is 10.4. The summed E-state index contributed by atoms with van der Waals surface area (Å²) in [7, 11) is 6.10. The number of rotatable bonds is 2. The molecule has 1 heterocycles. The minimum atomic E-state index is 1.16. The first-order valence-electron chi connectivity index (χ1n) is 5.01. The summed E-state index contributed by atoms with van der Waals surface area (Å²) in [6.07, 6.45) is 5.58. The van der Waals surface area contributed by atoms with Crippen molar-refractivity contribution in [2.75, 3.05) is 47.3 Å². The molecule has 0 unspecified atom stereocenters. The van der Waals surface area contributed by atoms with E-state index in [2.05, 4.69) is 23.8 Å². The second kappa shape index (κ2) is 8.78. The Labute approximate surface area is 88.1 Å². The Balaban J connectivity index is 0.000000241. The zero-order valence-corrected chi connectivity index (χ0v) is 9.66. The van der Waals surface area contributed by atoms with Crippen LogP contribution >= 0.6 is 0 Å². The maximum absolute atomic E-state index is 3.52. The van der Waals surface area contributed by atoms with Gasteiger partial charge in [-0.3, -0.25) is 0 Å². The average Bonchev–Trinajstić information content (AvgIpc) is 2.17. The summed E-state index contributed by atoms with van der Waals surface area (Å²) in [4.78, 5) is 4.29. The molecule has 1 N–H and O–H groups in total. The van der Waals surface area contributed by atoms with E-state index in [0.717, 1.165) is 13.1 Å². The van der Waals surface area contributed by atoms with Crippen LogP contribution in [-0.2, 0) is 0 Å². The van der Waals surface area contributed by atoms with Crippen LogP contribution in [0.3, 0.4) is 0 Å². The molecular weight excluding hydrogens is 174 g/mol. The summed E-state index contributed by atoms with van der Waals surface area (Å²) in [5, 5.41) is 3.27. The lowest BCUT2D eigenvalue weighted by Gasteiger charge is -2.21. The smallest absolute Gasteiger partial charge is 0.0104 e. The first-order valence-corrected chi connectivity index (χ1v) is 5.01. The van der Waals surface area contributed by atoms with Crippen LogP contribution in [0.4, 0.5) is 0 Å². The number of piperazine rings is 1. The molecule has 1 saturated heterocycles. The van der Waals surface area contributed by atoms with Crippen molar-refractivity contribution in [1.29, 1.82) is 0 Å². The average molecular weight is 197 g/mol. The van der Waals surface area contributed by atoms with Crippen LogP contribution in [0.5, 0.6) is 0 Å². The quantitative estimate of drug-likeness (QED) is 0.660. The van der Waals surface area contributed by atoms with Crippen molar-refractivity contribution >= 4 is 0 Å². The molecule has 0 atom stereocenters. The molecule has 1 rings (SSSR count). The molecule has 82 valence electrons. The normalized spacial score (nSPS) is 17.4. The monoisotopic (exact) mass is 197 g/mol. The summed E-state index contributed by atoms with van der Waals surface area (Å²) < 4.78 is 0. The van der Waals surface area contributed by atoms with Gasteiger partial charge in [0.15, 0.2) is 0 Å². The molecule has 0 aromatic rings. The topological polar surface area (TPSA) is 18.5 Å². The van der Waals surface area contributed by atoms with E-state index in [-0.39, 0.29) is 0 Å². The fourth-order valence-corrected chi connectivity index (χ4v) is 1.01. The van der Waals surface area contributed by atoms with Gasteiger partial charge in [-0.1, -0.05) is 12.7 Å². The first kappa shape index (κ1) is 13.2. The van der Waals surface area contributed by atoms with E-state index in [4.69, 9.17) is 0 Å². The van der Waals surface area contributed by atoms with Crippen LogP contribution in [0.25, 0.3) is 0 Å². The lowest BCUT2D eigenvalue weighted by Crippen LogP contribution is -2.40. The van der Waals surface area contributed by atoms with Crippen molar-refractivity contribution in [2.45, 2.75) is 0 Å². The third-order valence-corrected chi connectivity index (χ3v) is 1.86. The van der Waals surface area contributed by atoms with Crippen molar-refractivity contribution < 1.29 is 0 Å². The highest BCUT2D eigenvalue weighted by Gasteiger charge is 2.01. The van der Waals surface area contributed by atoms with Gasteiger partial charge in [0.2, 0.25) is 0 Å². The van der Waals surface area contributed by atoms with E-state index in [1.807, 2.05) is 31.3 Å². The Morgan fingerprint density at radius 1 is 1.29 bits per heavy atom. The molecule has 14 heavy (non-hydrogen) atoms. The molecule has 0 amide bonds. The summed E-state index contributed by atoms with van der Waals surface area (Å²) in [5.41, 5.74) is 0. The van der Waals surface area contributed by atoms with Gasteiger partial charge in [-0.05, 0) is 19.3 Å². The van der Waals surface area contributed by atoms with Gasteiger partial charge >= 0.3 is 0 Å². The highest BCUT2D eigenvalue weighted by Crippen LogP contribution is 1.83. The van der Waals surface area contributed by atoms with Crippen LogP contribution < -0.4 is 5.32 Å². The molecule has 0 radical (unpaired) electrons. The predicted octanol–water partition coefficient (Wildman–Crippen LogP) is 0.769. The van der Waals surface area contributed by atoms with Gasteiger partial charge in [-0.25, -0.2) is 0 Å². The molecular formula is C11H23N3. The SMILES string of the molecule is C=C/C=C\N(C)C.CN1CCNCC1. The highest BCUT2D eigenvalue weighted by molar-refractivity contribution is 4.95. The second-order valence-electron chi connectivity index (χ2n) is 3.59. The zero-order valence-electron chi connectivity index (χ0n) is 9.66. The van der Waals surface area contributed by atoms with Crippen LogP contribution in [0, 0.1) is 0 Å². The van der Waals surface area contributed by atoms with Gasteiger partial charge in [0.1, 0.15) is 0 Å². The molecule has 0 aromatic heterocycles. The number of nitrogens with zero attached hydrogens (tertiary/aromatic N) is 2. The van der Waals surface area contributed by atoms with Crippen molar-refractivity contribution in [3.8, 4) is 0 Å². The van der Waals surface area contributed by atoms with E-state index in [9.17, 15) is 0 Å². The van der Waals surface area contributed by atoms with Gasteiger partial charge in [-0.15, -0.1) is 0 Å². The zero-order chi connectivity index (χ0) is 10.8. The second-order valence-corrected chi connectivity index (χ2v) is 3.59. The molecule has 1 aliphatic heterocycles. The fourth-order valence-electron chi connectivity index (χ4n) is 1.01. The summed E-state index contributed by atoms with van der Waals surface area (Å²) in [6.45, 7) is 8.26. The van der Waals surface area contributed by atoms with Crippen LogP contribution in [-0.4, -0.2) is 57.1 Å². The number of hydrogen-bond donors (Lipinski definition) is 1. The standard InChI is InChI=1S/C6H11N.C5H12N2/c1-4-5-6-7(2)3;1-7-4-2-6-3-5-7/h4-6H,1H2,2-3H3;6H,2-5H2,1H3/b6-5-;. The summed E-state index contributed by atoms with van der Waals surface area (Å²) >= 11 is 0. The summed E-state index contributed by atoms with van der Waals surface area (Å²) in [6, 6.07) is 0. The Bertz CT molecular complexity index is 158. The molecule has 0 bridgehead atoms. The van der Waals surface area contributed by atoms with Crippen molar-refractivity contribution in [3.63, 3.8) is 0 Å². The Morgan fingerprint density at radius 2 is 1.86 bits per heavy atom. The van der Waals surface area contributed by atoms with Crippen LogP contribution in [0.1, 0.15) is 0 Å². The molecule has 1 aliphatic rings. The number of hydrogen-bond acceptors (Lipinski definition) is 3. The predicted molar refractivity (Wildman–Crippen MR) is 63.4 cm³/mol. The molecule has 3 heteroatoms. The van der Waals surface area contributed by atoms with E-state index < -0.39 is 0 Å². The van der Waals surface area contributed by atoms with E-state index in [1.165, 1.54) is 13.1 Å². The Kier molecular flexibility index (Phi) is 8.28. The minimum absolute atomic E-state index is 1.16. The van der Waals surface area contributed by atoms with Crippen molar-refractivity contribution in [1.82, 2.24) is 15.1 Å². The Hall–Kier alpha value is -0.800. The third-order valence-electron chi connectivity index (χ3n) is 1.86. The molecule has 0 aliphatic carbocycles. The number of allylic oxidation sites excluding steroid dienone is 2. The molecule has 0 saturated carbocycles. The molecule has 0 aromatic carbocycles. The molecule has 1 fully saturated rings. The maximum atomic E-state index is 3.52. The number of likely N-dealkylation sites (N-methyl/N-ethyl adjacent to an activating group) is 1. The lowest BCUT2D eigenvalue weighted by molar-refractivity contribution is 0.291. The van der Waals surface area contributed by atoms with Crippen LogP contribution in [0.15, 0.2) is 24.9 Å².